The third-order valence-corrected chi connectivity index (χ3v) is 4.14. The Morgan fingerprint density at radius 2 is 2.04 bits per heavy atom. The summed E-state index contributed by atoms with van der Waals surface area (Å²) < 4.78 is 32.8. The standard InChI is InChI=1S/C19H19F2N3O2/c1-24(7-8-26-2)18-6-4-13(10-16(18)21)22-11-15-14-9-12(20)3-5-17(14)23-19(15)25/h3-6,9-11,22H,7-8H2,1-2H3,(H,23,25). The lowest BCUT2D eigenvalue weighted by atomic mass is 10.1. The fraction of sp³-hybridized carbons (Fsp3) is 0.211. The number of ether oxygens (including phenoxy) is 1. The van der Waals surface area contributed by atoms with Crippen molar-refractivity contribution in [2.24, 2.45) is 0 Å². The molecule has 0 unspecified atom stereocenters. The van der Waals surface area contributed by atoms with Crippen LogP contribution in [0.4, 0.5) is 25.8 Å². The Balaban J connectivity index is 1.78. The summed E-state index contributed by atoms with van der Waals surface area (Å²) in [7, 11) is 3.37. The molecule has 0 bridgehead atoms. The lowest BCUT2D eigenvalue weighted by molar-refractivity contribution is -0.110. The average molecular weight is 359 g/mol. The molecule has 0 spiro atoms. The Bertz CT molecular complexity index is 868. The van der Waals surface area contributed by atoms with Crippen LogP contribution in [-0.4, -0.2) is 33.2 Å². The molecule has 136 valence electrons. The van der Waals surface area contributed by atoms with Crippen molar-refractivity contribution in [3.8, 4) is 0 Å². The maximum atomic E-state index is 14.3. The van der Waals surface area contributed by atoms with Crippen LogP contribution in [0.15, 0.2) is 42.6 Å². The van der Waals surface area contributed by atoms with Crippen molar-refractivity contribution in [1.82, 2.24) is 0 Å². The predicted octanol–water partition coefficient (Wildman–Crippen LogP) is 3.45. The van der Waals surface area contributed by atoms with Gasteiger partial charge in [0.2, 0.25) is 0 Å². The van der Waals surface area contributed by atoms with Gasteiger partial charge in [0.25, 0.3) is 5.91 Å². The molecule has 1 heterocycles. The number of hydrogen-bond acceptors (Lipinski definition) is 4. The molecule has 3 rings (SSSR count). The monoisotopic (exact) mass is 359 g/mol. The molecule has 0 aliphatic carbocycles. The first-order valence-electron chi connectivity index (χ1n) is 8.07. The molecule has 2 aromatic rings. The fourth-order valence-corrected chi connectivity index (χ4v) is 2.71. The second-order valence-electron chi connectivity index (χ2n) is 5.93. The highest BCUT2D eigenvalue weighted by Gasteiger charge is 2.24. The largest absolute Gasteiger partial charge is 0.383 e. The van der Waals surface area contributed by atoms with Crippen LogP contribution in [0.1, 0.15) is 5.56 Å². The van der Waals surface area contributed by atoms with E-state index < -0.39 is 11.6 Å². The van der Waals surface area contributed by atoms with Crippen LogP contribution in [-0.2, 0) is 9.53 Å². The van der Waals surface area contributed by atoms with Gasteiger partial charge in [-0.25, -0.2) is 8.78 Å². The summed E-state index contributed by atoms with van der Waals surface area (Å²) in [5.74, 6) is -1.16. The summed E-state index contributed by atoms with van der Waals surface area (Å²) in [6, 6.07) is 8.77. The number of nitrogens with zero attached hydrogens (tertiary/aromatic N) is 1. The molecule has 26 heavy (non-hydrogen) atoms. The lowest BCUT2D eigenvalue weighted by Gasteiger charge is -2.19. The molecular weight excluding hydrogens is 340 g/mol. The number of halogens is 2. The van der Waals surface area contributed by atoms with Crippen molar-refractivity contribution in [2.75, 3.05) is 42.8 Å². The smallest absolute Gasteiger partial charge is 0.257 e. The number of likely N-dealkylation sites (N-methyl/N-ethyl adjacent to an activating group) is 1. The zero-order chi connectivity index (χ0) is 18.7. The predicted molar refractivity (Wildman–Crippen MR) is 98.2 cm³/mol. The number of anilines is 3. The molecule has 7 heteroatoms. The first-order chi connectivity index (χ1) is 12.5. The lowest BCUT2D eigenvalue weighted by Crippen LogP contribution is -2.23. The van der Waals surface area contributed by atoms with E-state index >= 15 is 0 Å². The van der Waals surface area contributed by atoms with Gasteiger partial charge in [-0.1, -0.05) is 0 Å². The minimum atomic E-state index is -0.430. The molecule has 2 N–H and O–H groups in total. The van der Waals surface area contributed by atoms with Crippen LogP contribution in [0.2, 0.25) is 0 Å². The molecule has 0 radical (unpaired) electrons. The number of rotatable bonds is 6. The van der Waals surface area contributed by atoms with E-state index in [1.54, 1.807) is 31.2 Å². The Kier molecular flexibility index (Phi) is 5.18. The van der Waals surface area contributed by atoms with Gasteiger partial charge in [-0.15, -0.1) is 0 Å². The summed E-state index contributed by atoms with van der Waals surface area (Å²) in [5.41, 5.74) is 2.24. The third-order valence-electron chi connectivity index (χ3n) is 4.14. The van der Waals surface area contributed by atoms with E-state index in [-0.39, 0.29) is 5.91 Å². The number of hydrogen-bond donors (Lipinski definition) is 2. The minimum absolute atomic E-state index is 0.293. The SMILES string of the molecule is COCCN(C)c1ccc(NC=C2C(=O)Nc3ccc(F)cc32)cc1F. The Hall–Kier alpha value is -2.93. The number of carbonyl (C=O) groups excluding carboxylic acids is 1. The van der Waals surface area contributed by atoms with Crippen LogP contribution in [0.3, 0.4) is 0 Å². The number of fused-ring (bicyclic) bond motifs is 1. The van der Waals surface area contributed by atoms with Crippen LogP contribution in [0, 0.1) is 11.6 Å². The third kappa shape index (κ3) is 3.67. The average Bonchev–Trinajstić information content (AvgIpc) is 2.92. The first kappa shape index (κ1) is 17.9. The molecule has 0 aromatic heterocycles. The number of benzene rings is 2. The fourth-order valence-electron chi connectivity index (χ4n) is 2.71. The summed E-state index contributed by atoms with van der Waals surface area (Å²) in [6.45, 7) is 1.06. The molecule has 1 aliphatic heterocycles. The van der Waals surface area contributed by atoms with Crippen LogP contribution in [0.25, 0.3) is 5.57 Å². The summed E-state index contributed by atoms with van der Waals surface area (Å²) in [4.78, 5) is 13.8. The quantitative estimate of drug-likeness (QED) is 0.776. The second-order valence-corrected chi connectivity index (χ2v) is 5.93. The van der Waals surface area contributed by atoms with Gasteiger partial charge < -0.3 is 20.3 Å². The maximum absolute atomic E-state index is 14.3. The van der Waals surface area contributed by atoms with Gasteiger partial charge in [0.15, 0.2) is 0 Å². The molecule has 5 nitrogen and oxygen atoms in total. The first-order valence-corrected chi connectivity index (χ1v) is 8.07. The molecule has 0 saturated heterocycles. The highest BCUT2D eigenvalue weighted by Crippen LogP contribution is 2.32. The van der Waals surface area contributed by atoms with Gasteiger partial charge in [0, 0.05) is 43.8 Å². The van der Waals surface area contributed by atoms with Gasteiger partial charge in [-0.05, 0) is 36.4 Å². The second kappa shape index (κ2) is 7.53. The van der Waals surface area contributed by atoms with Gasteiger partial charge in [-0.3, -0.25) is 4.79 Å². The van der Waals surface area contributed by atoms with E-state index in [2.05, 4.69) is 10.6 Å². The van der Waals surface area contributed by atoms with Crippen LogP contribution in [0.5, 0.6) is 0 Å². The van der Waals surface area contributed by atoms with Gasteiger partial charge >= 0.3 is 0 Å². The summed E-state index contributed by atoms with van der Waals surface area (Å²) in [6.07, 6.45) is 1.45. The Morgan fingerprint density at radius 1 is 1.23 bits per heavy atom. The van der Waals surface area contributed by atoms with E-state index in [0.29, 0.717) is 41.4 Å². The summed E-state index contributed by atoms with van der Waals surface area (Å²) in [5, 5.41) is 5.56. The molecule has 2 aromatic carbocycles. The van der Waals surface area contributed by atoms with Gasteiger partial charge in [0.05, 0.1) is 17.9 Å². The normalized spacial score (nSPS) is 14.3. The van der Waals surface area contributed by atoms with E-state index in [9.17, 15) is 13.6 Å². The zero-order valence-corrected chi connectivity index (χ0v) is 14.5. The van der Waals surface area contributed by atoms with E-state index in [1.165, 1.54) is 30.5 Å². The molecule has 1 aliphatic rings. The van der Waals surface area contributed by atoms with Crippen LogP contribution < -0.4 is 15.5 Å². The van der Waals surface area contributed by atoms with Gasteiger partial charge in [0.1, 0.15) is 11.6 Å². The van der Waals surface area contributed by atoms with E-state index in [1.807, 2.05) is 0 Å². The van der Waals surface area contributed by atoms with Crippen molar-refractivity contribution in [3.05, 3.63) is 59.8 Å². The van der Waals surface area contributed by atoms with Crippen molar-refractivity contribution in [2.45, 2.75) is 0 Å². The highest BCUT2D eigenvalue weighted by molar-refractivity contribution is 6.31. The van der Waals surface area contributed by atoms with Crippen molar-refractivity contribution >= 4 is 28.5 Å². The molecular formula is C19H19F2N3O2. The Morgan fingerprint density at radius 3 is 2.77 bits per heavy atom. The molecule has 1 amide bonds. The molecule has 0 atom stereocenters. The topological polar surface area (TPSA) is 53.6 Å². The zero-order valence-electron chi connectivity index (χ0n) is 14.5. The van der Waals surface area contributed by atoms with Crippen LogP contribution >= 0.6 is 0 Å². The van der Waals surface area contributed by atoms with Crippen molar-refractivity contribution < 1.29 is 18.3 Å². The molecule has 0 fully saturated rings. The maximum Gasteiger partial charge on any atom is 0.257 e. The van der Waals surface area contributed by atoms with E-state index in [4.69, 9.17) is 4.74 Å². The van der Waals surface area contributed by atoms with Crippen molar-refractivity contribution in [3.63, 3.8) is 0 Å². The minimum Gasteiger partial charge on any atom is -0.383 e. The van der Waals surface area contributed by atoms with Gasteiger partial charge in [-0.2, -0.15) is 0 Å². The Labute approximate surface area is 150 Å². The number of carbonyl (C=O) groups is 1. The number of amides is 1. The highest BCUT2D eigenvalue weighted by atomic mass is 19.1. The van der Waals surface area contributed by atoms with E-state index in [0.717, 1.165) is 0 Å². The number of nitrogens with one attached hydrogen (secondary N) is 2. The van der Waals surface area contributed by atoms with Crippen molar-refractivity contribution in [1.29, 1.82) is 0 Å². The molecule has 0 saturated carbocycles. The summed E-state index contributed by atoms with van der Waals surface area (Å²) >= 11 is 0. The number of methoxy groups -OCH3 is 1.